The highest BCUT2D eigenvalue weighted by atomic mass is 32.2. The Morgan fingerprint density at radius 3 is 2.35 bits per heavy atom. The summed E-state index contributed by atoms with van der Waals surface area (Å²) >= 11 is 0. The van der Waals surface area contributed by atoms with Crippen molar-refractivity contribution in [3.05, 3.63) is 73.1 Å². The summed E-state index contributed by atoms with van der Waals surface area (Å²) in [7, 11) is -1.43. The van der Waals surface area contributed by atoms with E-state index in [0.717, 1.165) is 0 Å². The molecule has 1 aromatic heterocycles. The van der Waals surface area contributed by atoms with Crippen LogP contribution in [0, 0.1) is 0 Å². The van der Waals surface area contributed by atoms with E-state index in [9.17, 15) is 4.21 Å². The van der Waals surface area contributed by atoms with Crippen LogP contribution in [0.2, 0.25) is 0 Å². The molecule has 3 aromatic rings. The van der Waals surface area contributed by atoms with E-state index >= 15 is 0 Å². The van der Waals surface area contributed by atoms with Crippen molar-refractivity contribution in [2.75, 3.05) is 0 Å². The van der Waals surface area contributed by atoms with E-state index in [1.807, 2.05) is 18.2 Å². The van der Waals surface area contributed by atoms with Gasteiger partial charge in [0.1, 0.15) is 16.5 Å². The summed E-state index contributed by atoms with van der Waals surface area (Å²) in [6.45, 7) is 0. The van der Waals surface area contributed by atoms with Crippen molar-refractivity contribution in [2.24, 2.45) is 10.1 Å². The van der Waals surface area contributed by atoms with Gasteiger partial charge in [-0.3, -0.25) is 0 Å². The number of aromatic nitrogens is 2. The fraction of sp³-hybridized carbons (Fsp3) is 0. The van der Waals surface area contributed by atoms with Gasteiger partial charge in [-0.1, -0.05) is 18.2 Å². The topological polar surface area (TPSA) is 86.0 Å². The molecule has 130 valence electrons. The first-order valence-corrected chi connectivity index (χ1v) is 8.69. The maximum Gasteiger partial charge on any atom is 0.223 e. The lowest BCUT2D eigenvalue weighted by Crippen LogP contribution is -1.98. The third kappa shape index (κ3) is 5.05. The number of hydrogen-bond acceptors (Lipinski definition) is 7. The Kier molecular flexibility index (Phi) is 6.16. The first-order valence-electron chi connectivity index (χ1n) is 7.54. The second-order valence-electron chi connectivity index (χ2n) is 4.78. The Bertz CT molecular complexity index is 901. The molecular weight excluding hydrogens is 352 g/mol. The second kappa shape index (κ2) is 9.19. The predicted octanol–water partition coefficient (Wildman–Crippen LogP) is 3.34. The van der Waals surface area contributed by atoms with Gasteiger partial charge in [-0.15, -0.1) is 0 Å². The molecule has 0 saturated heterocycles. The van der Waals surface area contributed by atoms with Crippen LogP contribution in [0.1, 0.15) is 0 Å². The van der Waals surface area contributed by atoms with Crippen LogP contribution in [0.3, 0.4) is 0 Å². The number of para-hydroxylation sites is 1. The molecule has 0 aliphatic heterocycles. The van der Waals surface area contributed by atoms with Gasteiger partial charge < -0.3 is 9.57 Å². The summed E-state index contributed by atoms with van der Waals surface area (Å²) in [5, 5.41) is 3.87. The molecule has 1 atom stereocenters. The molecule has 0 amide bonds. The minimum Gasteiger partial charge on any atom is -0.442 e. The maximum absolute atomic E-state index is 12.3. The summed E-state index contributed by atoms with van der Waals surface area (Å²) in [6, 6.07) is 17.7. The Hall–Kier alpha value is -3.39. The van der Waals surface area contributed by atoms with E-state index in [4.69, 9.17) is 9.57 Å². The van der Waals surface area contributed by atoms with Crippen molar-refractivity contribution in [1.29, 1.82) is 0 Å². The van der Waals surface area contributed by atoms with Crippen LogP contribution < -0.4 is 4.74 Å². The van der Waals surface area contributed by atoms with Gasteiger partial charge >= 0.3 is 0 Å². The van der Waals surface area contributed by atoms with Crippen LogP contribution in [0.5, 0.6) is 5.75 Å². The highest BCUT2D eigenvalue weighted by Crippen LogP contribution is 2.17. The van der Waals surface area contributed by atoms with E-state index < -0.39 is 10.8 Å². The molecule has 0 aliphatic rings. The lowest BCUT2D eigenvalue weighted by atomic mass is 10.3. The normalized spacial score (nSPS) is 12.3. The van der Waals surface area contributed by atoms with Gasteiger partial charge in [-0.2, -0.15) is 0 Å². The monoisotopic (exact) mass is 366 g/mol. The SMILES string of the molecule is O=S(c1ccc(N=CO/N=C/Oc2ccccc2)cc1)c1ncccn1. The van der Waals surface area contributed by atoms with Crippen molar-refractivity contribution in [3.63, 3.8) is 0 Å². The number of benzene rings is 2. The quantitative estimate of drug-likeness (QED) is 0.277. The molecule has 26 heavy (non-hydrogen) atoms. The Balaban J connectivity index is 1.51. The van der Waals surface area contributed by atoms with E-state index in [2.05, 4.69) is 20.1 Å². The van der Waals surface area contributed by atoms with Gasteiger partial charge in [0.15, 0.2) is 0 Å². The second-order valence-corrected chi connectivity index (χ2v) is 6.15. The molecule has 0 bridgehead atoms. The first-order chi connectivity index (χ1) is 12.8. The minimum absolute atomic E-state index is 0.264. The number of aliphatic imine (C=N–C) groups is 1. The number of oxime groups is 1. The minimum atomic E-state index is -1.43. The summed E-state index contributed by atoms with van der Waals surface area (Å²) in [4.78, 5) is 17.5. The molecule has 1 unspecified atom stereocenters. The van der Waals surface area contributed by atoms with Crippen LogP contribution >= 0.6 is 0 Å². The molecule has 1 heterocycles. The van der Waals surface area contributed by atoms with Gasteiger partial charge in [-0.05, 0) is 47.6 Å². The fourth-order valence-electron chi connectivity index (χ4n) is 1.86. The number of nitrogens with zero attached hydrogens (tertiary/aromatic N) is 4. The molecule has 0 spiro atoms. The fourth-order valence-corrected chi connectivity index (χ4v) is 2.77. The highest BCUT2D eigenvalue weighted by molar-refractivity contribution is 7.84. The van der Waals surface area contributed by atoms with Crippen molar-refractivity contribution in [3.8, 4) is 5.75 Å². The van der Waals surface area contributed by atoms with Crippen molar-refractivity contribution in [1.82, 2.24) is 9.97 Å². The third-order valence-corrected chi connectivity index (χ3v) is 4.29. The van der Waals surface area contributed by atoms with E-state index in [1.54, 1.807) is 54.9 Å². The molecule has 7 nitrogen and oxygen atoms in total. The van der Waals surface area contributed by atoms with Crippen LogP contribution in [-0.2, 0) is 15.6 Å². The van der Waals surface area contributed by atoms with Crippen molar-refractivity contribution >= 4 is 29.3 Å². The largest absolute Gasteiger partial charge is 0.442 e. The van der Waals surface area contributed by atoms with Crippen LogP contribution in [0.15, 0.2) is 93.3 Å². The van der Waals surface area contributed by atoms with Crippen LogP contribution in [-0.4, -0.2) is 27.0 Å². The van der Waals surface area contributed by atoms with E-state index in [1.165, 1.54) is 12.8 Å². The van der Waals surface area contributed by atoms with Gasteiger partial charge in [0.2, 0.25) is 18.0 Å². The van der Waals surface area contributed by atoms with Crippen molar-refractivity contribution < 1.29 is 13.8 Å². The Labute approximate surface area is 152 Å². The van der Waals surface area contributed by atoms with Gasteiger partial charge in [0, 0.05) is 17.3 Å². The van der Waals surface area contributed by atoms with Crippen molar-refractivity contribution in [2.45, 2.75) is 10.1 Å². The zero-order chi connectivity index (χ0) is 18.0. The lowest BCUT2D eigenvalue weighted by molar-refractivity contribution is 0.335. The Morgan fingerprint density at radius 2 is 1.62 bits per heavy atom. The maximum atomic E-state index is 12.3. The Morgan fingerprint density at radius 1 is 0.885 bits per heavy atom. The lowest BCUT2D eigenvalue weighted by Gasteiger charge is -2.00. The zero-order valence-corrected chi connectivity index (χ0v) is 14.3. The summed E-state index contributed by atoms with van der Waals surface area (Å²) in [6.07, 6.45) is 5.46. The van der Waals surface area contributed by atoms with Gasteiger partial charge in [-0.25, -0.2) is 19.2 Å². The van der Waals surface area contributed by atoms with E-state index in [-0.39, 0.29) is 5.16 Å². The first kappa shape index (κ1) is 17.4. The summed E-state index contributed by atoms with van der Waals surface area (Å²) in [5.41, 5.74) is 0.624. The average Bonchev–Trinajstić information content (AvgIpc) is 2.72. The van der Waals surface area contributed by atoms with Crippen LogP contribution in [0.4, 0.5) is 5.69 Å². The van der Waals surface area contributed by atoms with Crippen LogP contribution in [0.25, 0.3) is 0 Å². The number of hydrogen-bond donors (Lipinski definition) is 0. The molecule has 0 N–H and O–H groups in total. The average molecular weight is 366 g/mol. The predicted molar refractivity (Wildman–Crippen MR) is 97.9 cm³/mol. The molecule has 0 fully saturated rings. The molecule has 0 aliphatic carbocycles. The smallest absolute Gasteiger partial charge is 0.223 e. The van der Waals surface area contributed by atoms with Gasteiger partial charge in [0.25, 0.3) is 0 Å². The molecule has 0 radical (unpaired) electrons. The van der Waals surface area contributed by atoms with E-state index in [0.29, 0.717) is 16.3 Å². The molecule has 8 heteroatoms. The number of rotatable bonds is 7. The summed E-state index contributed by atoms with van der Waals surface area (Å²) in [5.74, 6) is 0.655. The molecule has 3 rings (SSSR count). The zero-order valence-electron chi connectivity index (χ0n) is 13.5. The summed E-state index contributed by atoms with van der Waals surface area (Å²) < 4.78 is 17.5. The molecule has 0 saturated carbocycles. The molecular formula is C18H14N4O3S. The standard InChI is InChI=1S/C18H14N4O3S/c23-26(18-19-11-4-12-20-18)17-9-7-15(8-10-17)21-13-25-22-14-24-16-5-2-1-3-6-16/h1-14H/b21-13?,22-14+. The number of ether oxygens (including phenoxy) is 1. The highest BCUT2D eigenvalue weighted by Gasteiger charge is 2.08. The van der Waals surface area contributed by atoms with Gasteiger partial charge in [0.05, 0.1) is 5.69 Å². The molecule has 2 aromatic carbocycles. The third-order valence-electron chi connectivity index (χ3n) is 3.04.